The van der Waals surface area contributed by atoms with E-state index < -0.39 is 10.9 Å². The molecule has 1 aliphatic heterocycles. The van der Waals surface area contributed by atoms with Gasteiger partial charge in [0.15, 0.2) is 0 Å². The molecule has 1 aliphatic rings. The molecule has 2 rings (SSSR count). The number of ether oxygens (including phenoxy) is 1. The lowest BCUT2D eigenvalue weighted by atomic mass is 10.1. The van der Waals surface area contributed by atoms with E-state index in [-0.39, 0.29) is 24.0 Å². The Balaban J connectivity index is 2.29. The summed E-state index contributed by atoms with van der Waals surface area (Å²) in [5.41, 5.74) is 0.529. The molecule has 114 valence electrons. The molecule has 0 atom stereocenters. The molecule has 0 amide bonds. The molecular formula is C14H18N2O5. The zero-order valence-corrected chi connectivity index (χ0v) is 11.8. The lowest BCUT2D eigenvalue weighted by molar-refractivity contribution is -0.384. The maximum Gasteiger partial charge on any atom is 0.338 e. The van der Waals surface area contributed by atoms with Gasteiger partial charge in [-0.25, -0.2) is 4.79 Å². The van der Waals surface area contributed by atoms with Crippen molar-refractivity contribution in [2.24, 2.45) is 0 Å². The first-order valence-corrected chi connectivity index (χ1v) is 6.91. The largest absolute Gasteiger partial charge is 0.462 e. The van der Waals surface area contributed by atoms with E-state index in [2.05, 4.69) is 0 Å². The minimum Gasteiger partial charge on any atom is -0.462 e. The molecule has 0 bridgehead atoms. The summed E-state index contributed by atoms with van der Waals surface area (Å²) >= 11 is 0. The zero-order valence-electron chi connectivity index (χ0n) is 11.8. The Kier molecular flexibility index (Phi) is 4.74. The third-order valence-corrected chi connectivity index (χ3v) is 3.49. The second kappa shape index (κ2) is 6.53. The highest BCUT2D eigenvalue weighted by Crippen LogP contribution is 2.31. The van der Waals surface area contributed by atoms with Crippen LogP contribution in [0.25, 0.3) is 0 Å². The number of carbonyl (C=O) groups is 1. The van der Waals surface area contributed by atoms with Crippen molar-refractivity contribution in [2.75, 3.05) is 24.6 Å². The summed E-state index contributed by atoms with van der Waals surface area (Å²) < 4.78 is 4.85. The van der Waals surface area contributed by atoms with Crippen LogP contribution in [0.3, 0.4) is 0 Å². The predicted molar refractivity (Wildman–Crippen MR) is 76.5 cm³/mol. The van der Waals surface area contributed by atoms with E-state index >= 15 is 0 Å². The van der Waals surface area contributed by atoms with Crippen LogP contribution < -0.4 is 4.90 Å². The molecule has 1 saturated heterocycles. The molecule has 7 heteroatoms. The molecule has 1 heterocycles. The topological polar surface area (TPSA) is 92.9 Å². The number of benzene rings is 1. The third-order valence-electron chi connectivity index (χ3n) is 3.49. The fraction of sp³-hybridized carbons (Fsp3) is 0.500. The van der Waals surface area contributed by atoms with Crippen LogP contribution in [0.2, 0.25) is 0 Å². The Morgan fingerprint density at radius 2 is 2.14 bits per heavy atom. The van der Waals surface area contributed by atoms with E-state index in [1.807, 2.05) is 4.90 Å². The Labute approximate surface area is 122 Å². The van der Waals surface area contributed by atoms with Crippen LogP contribution in [-0.4, -0.2) is 41.8 Å². The van der Waals surface area contributed by atoms with E-state index in [4.69, 9.17) is 4.74 Å². The van der Waals surface area contributed by atoms with Gasteiger partial charge in [0, 0.05) is 19.2 Å². The van der Waals surface area contributed by atoms with Gasteiger partial charge in [-0.15, -0.1) is 0 Å². The summed E-state index contributed by atoms with van der Waals surface area (Å²) in [6.07, 6.45) is 0.812. The summed E-state index contributed by atoms with van der Waals surface area (Å²) in [7, 11) is 0. The molecule has 1 aromatic rings. The van der Waals surface area contributed by atoms with Gasteiger partial charge in [-0.2, -0.15) is 0 Å². The number of esters is 1. The number of hydrogen-bond donors (Lipinski definition) is 1. The number of nitrogens with zero attached hydrogens (tertiary/aromatic N) is 2. The van der Waals surface area contributed by atoms with Crippen LogP contribution in [0.1, 0.15) is 30.1 Å². The lowest BCUT2D eigenvalue weighted by Gasteiger charge is -2.31. The van der Waals surface area contributed by atoms with Gasteiger partial charge in [0.05, 0.1) is 23.2 Å². The normalized spacial score (nSPS) is 15.8. The van der Waals surface area contributed by atoms with Crippen LogP contribution in [0, 0.1) is 10.1 Å². The molecular weight excluding hydrogens is 276 g/mol. The van der Waals surface area contributed by atoms with Crippen LogP contribution in [0.5, 0.6) is 0 Å². The van der Waals surface area contributed by atoms with Crippen LogP contribution in [0.15, 0.2) is 18.2 Å². The van der Waals surface area contributed by atoms with Gasteiger partial charge in [-0.05, 0) is 31.9 Å². The van der Waals surface area contributed by atoms with Crippen molar-refractivity contribution in [1.82, 2.24) is 0 Å². The average Bonchev–Trinajstić information content (AvgIpc) is 2.47. The number of hydrogen-bond acceptors (Lipinski definition) is 6. The summed E-state index contributed by atoms with van der Waals surface area (Å²) in [6.45, 7) is 3.01. The molecule has 0 radical (unpaired) electrons. The van der Waals surface area contributed by atoms with Gasteiger partial charge in [0.25, 0.3) is 5.69 Å². The lowest BCUT2D eigenvalue weighted by Crippen LogP contribution is -2.36. The first kappa shape index (κ1) is 15.2. The second-order valence-corrected chi connectivity index (χ2v) is 4.90. The second-order valence-electron chi connectivity index (χ2n) is 4.90. The third kappa shape index (κ3) is 3.49. The summed E-state index contributed by atoms with van der Waals surface area (Å²) in [5, 5.41) is 20.7. The standard InChI is InChI=1S/C14H18N2O5/c1-2-21-14(18)10-3-4-12(13(9-10)16(19)20)15-7-5-11(17)6-8-15/h3-4,9,11,17H,2,5-8H2,1H3. The van der Waals surface area contributed by atoms with Gasteiger partial charge < -0.3 is 14.7 Å². The van der Waals surface area contributed by atoms with E-state index in [0.29, 0.717) is 31.6 Å². The number of aliphatic hydroxyl groups excluding tert-OH is 1. The number of carbonyl (C=O) groups excluding carboxylic acids is 1. The molecule has 0 aromatic heterocycles. The number of anilines is 1. The van der Waals surface area contributed by atoms with Crippen molar-refractivity contribution in [3.05, 3.63) is 33.9 Å². The zero-order chi connectivity index (χ0) is 15.4. The average molecular weight is 294 g/mol. The highest BCUT2D eigenvalue weighted by Gasteiger charge is 2.25. The van der Waals surface area contributed by atoms with Crippen molar-refractivity contribution < 1.29 is 19.6 Å². The minimum atomic E-state index is -0.568. The summed E-state index contributed by atoms with van der Waals surface area (Å²) in [6, 6.07) is 4.35. The Morgan fingerprint density at radius 1 is 1.48 bits per heavy atom. The highest BCUT2D eigenvalue weighted by molar-refractivity contribution is 5.91. The molecule has 0 unspecified atom stereocenters. The van der Waals surface area contributed by atoms with Crippen molar-refractivity contribution in [2.45, 2.75) is 25.9 Å². The fourth-order valence-corrected chi connectivity index (χ4v) is 2.39. The molecule has 1 aromatic carbocycles. The van der Waals surface area contributed by atoms with Gasteiger partial charge in [0.2, 0.25) is 0 Å². The first-order chi connectivity index (χ1) is 10.0. The van der Waals surface area contributed by atoms with Crippen LogP contribution >= 0.6 is 0 Å². The summed E-state index contributed by atoms with van der Waals surface area (Å²) in [4.78, 5) is 24.3. The molecule has 1 N–H and O–H groups in total. The minimum absolute atomic E-state index is 0.114. The Hall–Kier alpha value is -2.15. The molecule has 7 nitrogen and oxygen atoms in total. The Bertz CT molecular complexity index is 538. The number of aliphatic hydroxyl groups is 1. The fourth-order valence-electron chi connectivity index (χ4n) is 2.39. The maximum atomic E-state index is 11.7. The van der Waals surface area contributed by atoms with Crippen molar-refractivity contribution in [3.63, 3.8) is 0 Å². The quantitative estimate of drug-likeness (QED) is 0.516. The number of nitro groups is 1. The van der Waals surface area contributed by atoms with Gasteiger partial charge in [-0.3, -0.25) is 10.1 Å². The summed E-state index contributed by atoms with van der Waals surface area (Å²) in [5.74, 6) is -0.568. The molecule has 0 saturated carbocycles. The van der Waals surface area contributed by atoms with Gasteiger partial charge >= 0.3 is 5.97 Å². The molecule has 21 heavy (non-hydrogen) atoms. The van der Waals surface area contributed by atoms with Gasteiger partial charge in [-0.1, -0.05) is 0 Å². The predicted octanol–water partition coefficient (Wildman–Crippen LogP) is 1.73. The first-order valence-electron chi connectivity index (χ1n) is 6.91. The van der Waals surface area contributed by atoms with E-state index in [1.165, 1.54) is 12.1 Å². The van der Waals surface area contributed by atoms with Gasteiger partial charge in [0.1, 0.15) is 5.69 Å². The van der Waals surface area contributed by atoms with Crippen molar-refractivity contribution >= 4 is 17.3 Å². The van der Waals surface area contributed by atoms with Crippen LogP contribution in [0.4, 0.5) is 11.4 Å². The molecule has 0 spiro atoms. The Morgan fingerprint density at radius 3 is 2.71 bits per heavy atom. The van der Waals surface area contributed by atoms with Crippen LogP contribution in [-0.2, 0) is 4.74 Å². The molecule has 1 fully saturated rings. The number of nitro benzene ring substituents is 1. The number of rotatable bonds is 4. The molecule has 0 aliphatic carbocycles. The van der Waals surface area contributed by atoms with E-state index in [9.17, 15) is 20.0 Å². The van der Waals surface area contributed by atoms with Crippen molar-refractivity contribution in [1.29, 1.82) is 0 Å². The highest BCUT2D eigenvalue weighted by atomic mass is 16.6. The van der Waals surface area contributed by atoms with E-state index in [1.54, 1.807) is 13.0 Å². The number of piperidine rings is 1. The maximum absolute atomic E-state index is 11.7. The monoisotopic (exact) mass is 294 g/mol. The SMILES string of the molecule is CCOC(=O)c1ccc(N2CCC(O)CC2)c([N+](=O)[O-])c1. The van der Waals surface area contributed by atoms with Crippen molar-refractivity contribution in [3.8, 4) is 0 Å². The smallest absolute Gasteiger partial charge is 0.338 e. The van der Waals surface area contributed by atoms with E-state index in [0.717, 1.165) is 0 Å².